The summed E-state index contributed by atoms with van der Waals surface area (Å²) >= 11 is 0. The number of hydrogen-bond acceptors (Lipinski definition) is 6. The number of carbonyl (C=O) groups is 3. The van der Waals surface area contributed by atoms with Crippen molar-refractivity contribution in [2.24, 2.45) is 0 Å². The second-order valence-electron chi connectivity index (χ2n) is 8.40. The Hall–Kier alpha value is -4.99. The summed E-state index contributed by atoms with van der Waals surface area (Å²) in [6, 6.07) is 19.4. The van der Waals surface area contributed by atoms with Crippen molar-refractivity contribution in [1.82, 2.24) is 9.99 Å². The highest BCUT2D eigenvalue weighted by molar-refractivity contribution is 6.38. The van der Waals surface area contributed by atoms with Crippen molar-refractivity contribution in [1.29, 1.82) is 0 Å². The van der Waals surface area contributed by atoms with Crippen LogP contribution in [0.25, 0.3) is 10.9 Å². The fraction of sp³-hybridized carbons (Fsp3) is 0.148. The zero-order chi connectivity index (χ0) is 25.9. The lowest BCUT2D eigenvalue weighted by atomic mass is 10.2. The predicted octanol–water partition coefficient (Wildman–Crippen LogP) is 3.33. The molecule has 0 saturated heterocycles. The van der Waals surface area contributed by atoms with Crippen LogP contribution in [0.5, 0.6) is 17.2 Å². The van der Waals surface area contributed by atoms with Crippen molar-refractivity contribution in [3.8, 4) is 17.2 Å². The zero-order valence-electron chi connectivity index (χ0n) is 20.2. The van der Waals surface area contributed by atoms with Crippen molar-refractivity contribution in [2.45, 2.75) is 13.5 Å². The summed E-state index contributed by atoms with van der Waals surface area (Å²) < 4.78 is 17.3. The van der Waals surface area contributed by atoms with Crippen molar-refractivity contribution < 1.29 is 28.6 Å². The molecule has 0 atom stereocenters. The van der Waals surface area contributed by atoms with Crippen LogP contribution in [0.2, 0.25) is 0 Å². The van der Waals surface area contributed by atoms with Gasteiger partial charge >= 0.3 is 11.8 Å². The average Bonchev–Trinajstić information content (AvgIpc) is 3.51. The third-order valence-corrected chi connectivity index (χ3v) is 5.83. The van der Waals surface area contributed by atoms with E-state index in [9.17, 15) is 14.4 Å². The van der Waals surface area contributed by atoms with Gasteiger partial charge in [0.2, 0.25) is 6.79 Å². The average molecular weight is 501 g/mol. The van der Waals surface area contributed by atoms with Crippen LogP contribution in [0, 0.1) is 6.92 Å². The van der Waals surface area contributed by atoms with Gasteiger partial charge in [0.15, 0.2) is 11.5 Å². The summed E-state index contributed by atoms with van der Waals surface area (Å²) in [5.74, 6) is -0.671. The molecule has 1 aliphatic heterocycles. The highest BCUT2D eigenvalue weighted by Crippen LogP contribution is 2.32. The molecule has 4 aromatic rings. The highest BCUT2D eigenvalue weighted by Gasteiger charge is 2.23. The Labute approximate surface area is 212 Å². The Morgan fingerprint density at radius 3 is 2.57 bits per heavy atom. The van der Waals surface area contributed by atoms with Gasteiger partial charge in [-0.1, -0.05) is 30.3 Å². The van der Waals surface area contributed by atoms with E-state index < -0.39 is 17.7 Å². The van der Waals surface area contributed by atoms with Crippen LogP contribution in [-0.4, -0.2) is 36.3 Å². The third kappa shape index (κ3) is 4.90. The molecule has 3 aromatic carbocycles. The maximum atomic E-state index is 13.2. The first kappa shape index (κ1) is 23.7. The Balaban J connectivity index is 1.38. The fourth-order valence-electron chi connectivity index (χ4n) is 4.06. The van der Waals surface area contributed by atoms with Crippen LogP contribution in [0.3, 0.4) is 0 Å². The minimum atomic E-state index is -0.950. The molecule has 0 fully saturated rings. The maximum absolute atomic E-state index is 13.2. The van der Waals surface area contributed by atoms with Crippen LogP contribution in [0.4, 0.5) is 5.69 Å². The van der Waals surface area contributed by atoms with Gasteiger partial charge < -0.3 is 24.8 Å². The van der Waals surface area contributed by atoms with Crippen molar-refractivity contribution >= 4 is 34.3 Å². The normalized spacial score (nSPS) is 11.7. The number of aryl methyl sites for hydroxylation is 1. The van der Waals surface area contributed by atoms with E-state index in [-0.39, 0.29) is 19.0 Å². The van der Waals surface area contributed by atoms with Gasteiger partial charge in [-0.2, -0.15) is 0 Å². The van der Waals surface area contributed by atoms with Crippen LogP contribution < -0.4 is 30.3 Å². The molecule has 0 aliphatic carbocycles. The van der Waals surface area contributed by atoms with E-state index in [2.05, 4.69) is 16.1 Å². The molecule has 1 aromatic heterocycles. The maximum Gasteiger partial charge on any atom is 0.328 e. The van der Waals surface area contributed by atoms with Gasteiger partial charge in [-0.05, 0) is 54.4 Å². The van der Waals surface area contributed by atoms with Crippen molar-refractivity contribution in [3.63, 3.8) is 0 Å². The first-order chi connectivity index (χ1) is 17.9. The number of ether oxygens (including phenoxy) is 3. The van der Waals surface area contributed by atoms with Gasteiger partial charge in [0, 0.05) is 17.6 Å². The molecule has 10 heteroatoms. The van der Waals surface area contributed by atoms with Gasteiger partial charge in [0.1, 0.15) is 17.0 Å². The molecule has 188 valence electrons. The zero-order valence-corrected chi connectivity index (χ0v) is 20.2. The molecule has 0 bridgehead atoms. The SMILES string of the molecule is COc1cccc2cc(C(=O)Nc3cccc(C)c3)n(NC(=O)C(=O)NCc3ccc4c(c3)OCO4)c12. The van der Waals surface area contributed by atoms with Crippen LogP contribution in [0.15, 0.2) is 66.7 Å². The van der Waals surface area contributed by atoms with Crippen molar-refractivity contribution in [2.75, 3.05) is 24.6 Å². The van der Waals surface area contributed by atoms with Crippen LogP contribution in [0.1, 0.15) is 21.6 Å². The summed E-state index contributed by atoms with van der Waals surface area (Å²) in [5, 5.41) is 6.06. The summed E-state index contributed by atoms with van der Waals surface area (Å²) in [6.45, 7) is 2.15. The number of methoxy groups -OCH3 is 1. The first-order valence-corrected chi connectivity index (χ1v) is 11.5. The second kappa shape index (κ2) is 9.94. The number of amides is 3. The summed E-state index contributed by atoms with van der Waals surface area (Å²) in [5.41, 5.74) is 5.42. The number of carbonyl (C=O) groups excluding carboxylic acids is 3. The Bertz CT molecular complexity index is 1530. The molecule has 5 rings (SSSR count). The smallest absolute Gasteiger partial charge is 0.328 e. The van der Waals surface area contributed by atoms with Gasteiger partial charge in [-0.15, -0.1) is 0 Å². The monoisotopic (exact) mass is 500 g/mol. The first-order valence-electron chi connectivity index (χ1n) is 11.5. The minimum absolute atomic E-state index is 0.0966. The Morgan fingerprint density at radius 1 is 0.946 bits per heavy atom. The highest BCUT2D eigenvalue weighted by atomic mass is 16.7. The number of benzene rings is 3. The summed E-state index contributed by atoms with van der Waals surface area (Å²) in [4.78, 5) is 38.8. The number of nitrogens with zero attached hydrogens (tertiary/aromatic N) is 1. The van der Waals surface area contributed by atoms with E-state index in [4.69, 9.17) is 14.2 Å². The molecule has 3 amide bonds. The number of para-hydroxylation sites is 1. The van der Waals surface area contributed by atoms with E-state index in [1.54, 1.807) is 48.5 Å². The van der Waals surface area contributed by atoms with E-state index in [1.807, 2.05) is 25.1 Å². The third-order valence-electron chi connectivity index (χ3n) is 5.83. The van der Waals surface area contributed by atoms with Gasteiger partial charge in [-0.25, -0.2) is 4.68 Å². The second-order valence-corrected chi connectivity index (χ2v) is 8.40. The summed E-state index contributed by atoms with van der Waals surface area (Å²) in [6.07, 6.45) is 0. The number of hydrogen-bond donors (Lipinski definition) is 3. The predicted molar refractivity (Wildman–Crippen MR) is 136 cm³/mol. The molecule has 0 spiro atoms. The van der Waals surface area contributed by atoms with E-state index in [0.717, 1.165) is 11.1 Å². The molecular weight excluding hydrogens is 476 g/mol. The molecule has 0 saturated carbocycles. The number of aromatic nitrogens is 1. The van der Waals surface area contributed by atoms with Gasteiger partial charge in [0.05, 0.1) is 7.11 Å². The molecule has 37 heavy (non-hydrogen) atoms. The Morgan fingerprint density at radius 2 is 1.76 bits per heavy atom. The van der Waals surface area contributed by atoms with Gasteiger partial charge in [-0.3, -0.25) is 19.8 Å². The topological polar surface area (TPSA) is 120 Å². The quantitative estimate of drug-likeness (QED) is 0.350. The number of anilines is 1. The van der Waals surface area contributed by atoms with Crippen LogP contribution in [-0.2, 0) is 16.1 Å². The largest absolute Gasteiger partial charge is 0.494 e. The molecule has 3 N–H and O–H groups in total. The molecule has 0 radical (unpaired) electrons. The standard InChI is InChI=1S/C27H24N4O6/c1-16-5-3-7-19(11-16)29-25(32)20-13-18-6-4-8-22(35-2)24(18)31(20)30-27(34)26(33)28-14-17-9-10-21-23(12-17)37-15-36-21/h3-13H,14-15H2,1-2H3,(H,28,33)(H,29,32)(H,30,34). The molecule has 2 heterocycles. The molecule has 0 unspecified atom stereocenters. The Kier molecular flexibility index (Phi) is 6.38. The molecular formula is C27H24N4O6. The lowest BCUT2D eigenvalue weighted by molar-refractivity contribution is -0.136. The minimum Gasteiger partial charge on any atom is -0.494 e. The van der Waals surface area contributed by atoms with Crippen molar-refractivity contribution in [3.05, 3.63) is 83.6 Å². The summed E-state index contributed by atoms with van der Waals surface area (Å²) in [7, 11) is 1.48. The lowest BCUT2D eigenvalue weighted by Gasteiger charge is -2.14. The van der Waals surface area contributed by atoms with Gasteiger partial charge in [0.25, 0.3) is 5.91 Å². The number of rotatable bonds is 6. The van der Waals surface area contributed by atoms with E-state index >= 15 is 0 Å². The molecule has 1 aliphatic rings. The van der Waals surface area contributed by atoms with E-state index in [1.165, 1.54) is 11.8 Å². The number of fused-ring (bicyclic) bond motifs is 2. The fourth-order valence-corrected chi connectivity index (χ4v) is 4.06. The number of nitrogens with one attached hydrogen (secondary N) is 3. The van der Waals surface area contributed by atoms with E-state index in [0.29, 0.717) is 33.8 Å². The lowest BCUT2D eigenvalue weighted by Crippen LogP contribution is -2.39. The molecule has 10 nitrogen and oxygen atoms in total. The van der Waals surface area contributed by atoms with Crippen LogP contribution >= 0.6 is 0 Å².